The molecule has 1 N–H and O–H groups in total. The molecule has 87 heavy (non-hydrogen) atoms. The van der Waals surface area contributed by atoms with Gasteiger partial charge in [0.25, 0.3) is 0 Å². The molecule has 2 aliphatic carbocycles. The molecule has 3 aromatic heterocycles. The molecule has 7 heteroatoms. The first-order chi connectivity index (χ1) is 40.1. The Balaban J connectivity index is 0.000000167. The molecule has 3 aromatic carbocycles. The highest BCUT2D eigenvalue weighted by Gasteiger charge is 2.27. The van der Waals surface area contributed by atoms with Crippen molar-refractivity contribution in [2.75, 3.05) is 20.6 Å². The molecule has 0 saturated carbocycles. The fourth-order valence-corrected chi connectivity index (χ4v) is 12.5. The molecule has 7 nitrogen and oxygen atoms in total. The largest absolute Gasteiger partial charge is 0.307 e. The van der Waals surface area contributed by atoms with Gasteiger partial charge in [-0.25, -0.2) is 0 Å². The van der Waals surface area contributed by atoms with Gasteiger partial charge in [-0.1, -0.05) is 232 Å². The van der Waals surface area contributed by atoms with Crippen molar-refractivity contribution in [3.05, 3.63) is 192 Å². The highest BCUT2D eigenvalue weighted by Crippen LogP contribution is 2.35. The molecule has 0 saturated heterocycles. The smallest absolute Gasteiger partial charge is 0.0589 e. The topological polar surface area (TPSA) is 60.4 Å². The fraction of sp³-hybridized carbons (Fsp3) is 0.588. The van der Waals surface area contributed by atoms with E-state index in [0.717, 1.165) is 58.3 Å². The summed E-state index contributed by atoms with van der Waals surface area (Å²) in [5.41, 5.74) is 27.3. The number of benzene rings is 3. The summed E-state index contributed by atoms with van der Waals surface area (Å²) in [7, 11) is 4.31. The summed E-state index contributed by atoms with van der Waals surface area (Å²) in [6, 6.07) is 28.0. The van der Waals surface area contributed by atoms with E-state index in [1.807, 2.05) is 18.6 Å². The van der Waals surface area contributed by atoms with Crippen LogP contribution in [-0.4, -0.2) is 50.3 Å². The fourth-order valence-electron chi connectivity index (χ4n) is 12.5. The van der Waals surface area contributed by atoms with Gasteiger partial charge in [-0.15, -0.1) is 0 Å². The first-order valence-electron chi connectivity index (χ1n) is 33.2. The van der Waals surface area contributed by atoms with E-state index < -0.39 is 0 Å². The maximum atomic E-state index is 4.62. The van der Waals surface area contributed by atoms with E-state index in [1.54, 1.807) is 22.3 Å². The van der Waals surface area contributed by atoms with Crippen LogP contribution in [0.5, 0.6) is 0 Å². The van der Waals surface area contributed by atoms with Crippen LogP contribution < -0.4 is 5.32 Å². The van der Waals surface area contributed by atoms with Crippen molar-refractivity contribution in [1.82, 2.24) is 35.0 Å². The quantitative estimate of drug-likeness (QED) is 0.189. The summed E-state index contributed by atoms with van der Waals surface area (Å²) in [4.78, 5) is 20.7. The lowest BCUT2D eigenvalue weighted by molar-refractivity contribution is 0.283. The van der Waals surface area contributed by atoms with Gasteiger partial charge in [-0.3, -0.25) is 29.7 Å². The van der Waals surface area contributed by atoms with Crippen LogP contribution in [0.15, 0.2) is 91.4 Å². The Kier molecular flexibility index (Phi) is 23.9. The third-order valence-corrected chi connectivity index (χ3v) is 18.3. The third kappa shape index (κ3) is 20.0. The monoisotopic (exact) mass is 1180 g/mol. The molecule has 0 amide bonds. The number of rotatable bonds is 4. The normalized spacial score (nSPS) is 17.0. The number of fused-ring (bicyclic) bond motifs is 6. The second-order valence-corrected chi connectivity index (χ2v) is 32.5. The van der Waals surface area contributed by atoms with E-state index in [2.05, 4.69) is 260 Å². The van der Waals surface area contributed by atoms with E-state index >= 15 is 0 Å². The van der Waals surface area contributed by atoms with Gasteiger partial charge in [0.1, 0.15) is 0 Å². The predicted octanol–water partition coefficient (Wildman–Crippen LogP) is 18.9. The first kappa shape index (κ1) is 71.0. The number of hydrogen-bond acceptors (Lipinski definition) is 7. The summed E-state index contributed by atoms with van der Waals surface area (Å²) in [5.74, 6) is 0.912. The number of aromatic nitrogens is 3. The molecule has 7 heterocycles. The molecule has 4 aliphatic heterocycles. The molecule has 0 radical (unpaired) electrons. The molecule has 6 aliphatic rings. The van der Waals surface area contributed by atoms with Crippen molar-refractivity contribution in [2.24, 2.45) is 5.92 Å². The second kappa shape index (κ2) is 29.3. The maximum absolute atomic E-state index is 4.62. The van der Waals surface area contributed by atoms with Crippen molar-refractivity contribution in [1.29, 1.82) is 0 Å². The summed E-state index contributed by atoms with van der Waals surface area (Å²) in [6.07, 6.45) is 16.6. The van der Waals surface area contributed by atoms with Gasteiger partial charge < -0.3 is 5.32 Å². The molecule has 476 valence electrons. The Hall–Kier alpha value is -5.05. The lowest BCUT2D eigenvalue weighted by atomic mass is 9.85. The van der Waals surface area contributed by atoms with Crippen LogP contribution in [0.1, 0.15) is 272 Å². The van der Waals surface area contributed by atoms with E-state index in [9.17, 15) is 0 Å². The highest BCUT2D eigenvalue weighted by molar-refractivity contribution is 5.41. The molecule has 6 aromatic rings. The van der Waals surface area contributed by atoms with Gasteiger partial charge in [0, 0.05) is 70.9 Å². The van der Waals surface area contributed by atoms with Crippen LogP contribution in [0.25, 0.3) is 0 Å². The zero-order valence-corrected chi connectivity index (χ0v) is 58.4. The lowest BCUT2D eigenvalue weighted by Crippen LogP contribution is -2.16. The molecular weight excluding hydrogens is 1060 g/mol. The molecule has 0 bridgehead atoms. The zero-order chi connectivity index (χ0) is 63.2. The van der Waals surface area contributed by atoms with Gasteiger partial charge in [-0.05, 0) is 181 Å². The molecule has 1 atom stereocenters. The van der Waals surface area contributed by atoms with Crippen molar-refractivity contribution in [2.45, 2.75) is 282 Å². The van der Waals surface area contributed by atoms with E-state index in [4.69, 9.17) is 0 Å². The van der Waals surface area contributed by atoms with Gasteiger partial charge in [-0.2, -0.15) is 0 Å². The van der Waals surface area contributed by atoms with E-state index in [0.29, 0.717) is 5.41 Å². The lowest BCUT2D eigenvalue weighted by Gasteiger charge is -2.19. The van der Waals surface area contributed by atoms with Crippen LogP contribution in [0, 0.1) is 5.92 Å². The van der Waals surface area contributed by atoms with Gasteiger partial charge in [0.15, 0.2) is 0 Å². The van der Waals surface area contributed by atoms with Gasteiger partial charge in [0.05, 0.1) is 17.1 Å². The van der Waals surface area contributed by atoms with Crippen LogP contribution in [0.2, 0.25) is 0 Å². The number of pyridine rings is 3. The Morgan fingerprint density at radius 2 is 0.793 bits per heavy atom. The van der Waals surface area contributed by atoms with Crippen molar-refractivity contribution in [3.8, 4) is 0 Å². The molecule has 0 fully saturated rings. The molecular formula is C80H121N7. The van der Waals surface area contributed by atoms with E-state index in [-0.39, 0.29) is 34.5 Å². The Morgan fingerprint density at radius 3 is 1.32 bits per heavy atom. The Labute approximate surface area is 532 Å². The van der Waals surface area contributed by atoms with Crippen molar-refractivity contribution < 1.29 is 0 Å². The van der Waals surface area contributed by atoms with Gasteiger partial charge in [0.2, 0.25) is 0 Å². The highest BCUT2D eigenvalue weighted by atomic mass is 15.2. The summed E-state index contributed by atoms with van der Waals surface area (Å²) in [5, 5.41) is 3.30. The van der Waals surface area contributed by atoms with Crippen LogP contribution in [0.4, 0.5) is 0 Å². The number of nitrogens with zero attached hydrogens (tertiary/aromatic N) is 6. The number of aryl methyl sites for hydroxylation is 2. The predicted molar refractivity (Wildman–Crippen MR) is 374 cm³/mol. The van der Waals surface area contributed by atoms with Crippen molar-refractivity contribution >= 4 is 0 Å². The third-order valence-electron chi connectivity index (χ3n) is 18.3. The molecule has 12 rings (SSSR count). The SMILES string of the molecule is C.CC(C)(C)c1ccc2c(c1)CCC2.CC(C)(C)c1cnc2c(c1)CNC2.CCCC1Cc2ccc(C(C)(C)C)cc2C1.CCCN1Cc2cc(C(C)(C)C)cnc2C1.CN1Cc2cc(C(C)(C)C)cnc2C1.CN1Cc2ccc(C(C)(C)C)cc2C1. The molecule has 1 unspecified atom stereocenters. The Bertz CT molecular complexity index is 2980. The number of nitrogens with one attached hydrogen (secondary N) is 1. The first-order valence-corrected chi connectivity index (χ1v) is 33.2. The van der Waals surface area contributed by atoms with E-state index in [1.165, 1.54) is 136 Å². The summed E-state index contributed by atoms with van der Waals surface area (Å²) in [6.45, 7) is 54.7. The average Bonchev–Trinajstić information content (AvgIpc) is 2.59. The minimum absolute atomic E-state index is 0. The van der Waals surface area contributed by atoms with Gasteiger partial charge >= 0.3 is 0 Å². The standard InChI is InChI=1S/C16H24.C14H22N2.C13H19N.C13H18.C12H18N2.C11H16N2.CH4/c1-5-6-12-9-13-7-8-15(16(2,3)4)11-14(13)10-12;1-5-6-16-9-11-7-12(14(2,3)4)8-15-13(11)10-16;1-13(2,3)12-6-5-10-8-14(4)9-11(10)7-12;1-13(2,3)12-8-7-10-5-4-6-11(10)9-12;1-12(2,3)10-5-9-7-14(4)8-11(9)13-6-10;1-11(2,3)9-4-8-5-12-7-10(8)13-6-9;/h7-8,11-12H,5-6,9-10H2,1-4H3;7-8H,5-6,9-10H2,1-4H3;5-7H,8-9H2,1-4H3;7-9H,4-6H2,1-3H3;5-6H,7-8H2,1-4H3;4,6,12H,5,7H2,1-3H3;1H4. The minimum atomic E-state index is 0. The zero-order valence-electron chi connectivity index (χ0n) is 58.4. The summed E-state index contributed by atoms with van der Waals surface area (Å²) < 4.78 is 0. The Morgan fingerprint density at radius 1 is 0.391 bits per heavy atom. The van der Waals surface area contributed by atoms with Crippen LogP contribution in [0.3, 0.4) is 0 Å². The van der Waals surface area contributed by atoms with Crippen LogP contribution >= 0.6 is 0 Å². The molecule has 0 spiro atoms. The van der Waals surface area contributed by atoms with Crippen molar-refractivity contribution in [3.63, 3.8) is 0 Å². The maximum Gasteiger partial charge on any atom is 0.0589 e. The summed E-state index contributed by atoms with van der Waals surface area (Å²) >= 11 is 0. The van der Waals surface area contributed by atoms with Crippen LogP contribution in [-0.2, 0) is 111 Å². The average molecular weight is 1180 g/mol. The second-order valence-electron chi connectivity index (χ2n) is 32.5. The minimum Gasteiger partial charge on any atom is -0.307 e. The number of hydrogen-bond donors (Lipinski definition) is 1.